The van der Waals surface area contributed by atoms with Crippen LogP contribution in [0.2, 0.25) is 0 Å². The molecule has 0 aliphatic heterocycles. The second-order valence-corrected chi connectivity index (χ2v) is 5.80. The van der Waals surface area contributed by atoms with E-state index in [2.05, 4.69) is 45.3 Å². The van der Waals surface area contributed by atoms with Crippen molar-refractivity contribution >= 4 is 15.9 Å². The number of halogens is 1. The van der Waals surface area contributed by atoms with Crippen LogP contribution in [-0.4, -0.2) is 17.6 Å². The van der Waals surface area contributed by atoms with Crippen LogP contribution >= 0.6 is 15.9 Å². The molecule has 1 heterocycles. The predicted octanol–water partition coefficient (Wildman–Crippen LogP) is 3.55. The van der Waals surface area contributed by atoms with Crippen molar-refractivity contribution in [2.45, 2.75) is 45.1 Å². The zero-order chi connectivity index (χ0) is 12.1. The van der Waals surface area contributed by atoms with Crippen LogP contribution in [0.4, 0.5) is 0 Å². The molecule has 0 radical (unpaired) electrons. The lowest BCUT2D eigenvalue weighted by Crippen LogP contribution is -2.39. The van der Waals surface area contributed by atoms with Crippen LogP contribution in [-0.2, 0) is 6.42 Å². The van der Waals surface area contributed by atoms with E-state index in [9.17, 15) is 0 Å². The number of nitrogens with zero attached hydrogens (tertiary/aromatic N) is 1. The third-order valence-electron chi connectivity index (χ3n) is 3.64. The van der Waals surface area contributed by atoms with E-state index in [0.717, 1.165) is 23.4 Å². The molecule has 1 N–H and O–H groups in total. The highest BCUT2D eigenvalue weighted by Gasteiger charge is 2.24. The zero-order valence-electron chi connectivity index (χ0n) is 10.5. The summed E-state index contributed by atoms with van der Waals surface area (Å²) in [7, 11) is 0. The molecule has 0 aromatic carbocycles. The number of nitrogens with one attached hydrogen (secondary N) is 1. The molecule has 2 nitrogen and oxygen atoms in total. The molecule has 17 heavy (non-hydrogen) atoms. The van der Waals surface area contributed by atoms with E-state index < -0.39 is 0 Å². The third-order valence-corrected chi connectivity index (χ3v) is 4.10. The molecule has 1 saturated carbocycles. The Hall–Kier alpha value is -0.410. The average molecular weight is 297 g/mol. The van der Waals surface area contributed by atoms with E-state index in [1.807, 2.05) is 6.20 Å². The third kappa shape index (κ3) is 3.78. The van der Waals surface area contributed by atoms with Crippen LogP contribution in [0.3, 0.4) is 0 Å². The van der Waals surface area contributed by atoms with Gasteiger partial charge in [-0.2, -0.15) is 0 Å². The van der Waals surface area contributed by atoms with Crippen LogP contribution < -0.4 is 5.32 Å². The lowest BCUT2D eigenvalue weighted by molar-refractivity contribution is 0.263. The van der Waals surface area contributed by atoms with Crippen molar-refractivity contribution < 1.29 is 0 Å². The van der Waals surface area contributed by atoms with Crippen molar-refractivity contribution in [3.8, 4) is 0 Å². The highest BCUT2D eigenvalue weighted by atomic mass is 79.9. The van der Waals surface area contributed by atoms with Gasteiger partial charge in [0.15, 0.2) is 0 Å². The maximum absolute atomic E-state index is 4.49. The normalized spacial score (nSPS) is 24.8. The summed E-state index contributed by atoms with van der Waals surface area (Å²) in [6.07, 6.45) is 8.45. The lowest BCUT2D eigenvalue weighted by Gasteiger charge is -2.32. The molecule has 1 aliphatic rings. The van der Waals surface area contributed by atoms with Gasteiger partial charge in [0, 0.05) is 22.4 Å². The minimum atomic E-state index is 0.694. The molecule has 1 fully saturated rings. The molecular formula is C14H21BrN2. The molecule has 2 unspecified atom stereocenters. The first kappa shape index (κ1) is 13.0. The first-order chi connectivity index (χ1) is 8.29. The Balaban J connectivity index is 1.97. The van der Waals surface area contributed by atoms with Gasteiger partial charge in [0.2, 0.25) is 0 Å². The molecule has 1 aliphatic carbocycles. The summed E-state index contributed by atoms with van der Waals surface area (Å²) < 4.78 is 1.06. The quantitative estimate of drug-likeness (QED) is 0.919. The summed E-state index contributed by atoms with van der Waals surface area (Å²) in [5, 5.41) is 3.63. The fraction of sp³-hybridized carbons (Fsp3) is 0.643. The van der Waals surface area contributed by atoms with Crippen LogP contribution in [0.1, 0.15) is 38.3 Å². The molecule has 0 saturated heterocycles. The van der Waals surface area contributed by atoms with Gasteiger partial charge in [-0.05, 0) is 59.8 Å². The van der Waals surface area contributed by atoms with Gasteiger partial charge in [0.05, 0.1) is 0 Å². The molecular weight excluding hydrogens is 276 g/mol. The molecule has 3 heteroatoms. The van der Waals surface area contributed by atoms with E-state index in [0.29, 0.717) is 6.04 Å². The summed E-state index contributed by atoms with van der Waals surface area (Å²) in [4.78, 5) is 4.49. The Morgan fingerprint density at radius 3 is 2.88 bits per heavy atom. The highest BCUT2D eigenvalue weighted by molar-refractivity contribution is 9.10. The molecule has 0 amide bonds. The first-order valence-electron chi connectivity index (χ1n) is 6.63. The predicted molar refractivity (Wildman–Crippen MR) is 75.1 cm³/mol. The Labute approximate surface area is 112 Å². The first-order valence-corrected chi connectivity index (χ1v) is 7.42. The Bertz CT molecular complexity index is 335. The SMILES string of the molecule is CCNC1CCCCC1Cc1ccc(Br)cn1. The molecule has 1 aromatic rings. The van der Waals surface area contributed by atoms with Crippen molar-refractivity contribution in [3.05, 3.63) is 28.5 Å². The zero-order valence-corrected chi connectivity index (χ0v) is 12.0. The Kier molecular flexibility index (Phi) is 4.99. The van der Waals surface area contributed by atoms with Gasteiger partial charge in [-0.15, -0.1) is 0 Å². The largest absolute Gasteiger partial charge is 0.314 e. The van der Waals surface area contributed by atoms with Crippen molar-refractivity contribution in [3.63, 3.8) is 0 Å². The van der Waals surface area contributed by atoms with Crippen molar-refractivity contribution in [1.29, 1.82) is 0 Å². The lowest BCUT2D eigenvalue weighted by atomic mass is 9.81. The van der Waals surface area contributed by atoms with E-state index in [1.54, 1.807) is 0 Å². The van der Waals surface area contributed by atoms with Gasteiger partial charge in [-0.25, -0.2) is 0 Å². The van der Waals surface area contributed by atoms with E-state index in [4.69, 9.17) is 0 Å². The smallest absolute Gasteiger partial charge is 0.0413 e. The fourth-order valence-corrected chi connectivity index (χ4v) is 3.01. The molecule has 2 atom stereocenters. The number of rotatable bonds is 4. The molecule has 0 bridgehead atoms. The van der Waals surface area contributed by atoms with Crippen molar-refractivity contribution in [2.24, 2.45) is 5.92 Å². The second-order valence-electron chi connectivity index (χ2n) is 4.88. The van der Waals surface area contributed by atoms with Crippen molar-refractivity contribution in [1.82, 2.24) is 10.3 Å². The standard InChI is InChI=1S/C14H21BrN2/c1-2-16-14-6-4-3-5-11(14)9-13-8-7-12(15)10-17-13/h7-8,10-11,14,16H,2-6,9H2,1H3. The summed E-state index contributed by atoms with van der Waals surface area (Å²) in [6, 6.07) is 4.92. The molecule has 94 valence electrons. The van der Waals surface area contributed by atoms with Crippen LogP contribution in [0, 0.1) is 5.92 Å². The Morgan fingerprint density at radius 2 is 2.18 bits per heavy atom. The van der Waals surface area contributed by atoms with E-state index in [1.165, 1.54) is 31.4 Å². The van der Waals surface area contributed by atoms with E-state index >= 15 is 0 Å². The number of aromatic nitrogens is 1. The minimum Gasteiger partial charge on any atom is -0.314 e. The topological polar surface area (TPSA) is 24.9 Å². The number of hydrogen-bond acceptors (Lipinski definition) is 2. The van der Waals surface area contributed by atoms with Crippen LogP contribution in [0.15, 0.2) is 22.8 Å². The second kappa shape index (κ2) is 6.50. The summed E-state index contributed by atoms with van der Waals surface area (Å²) in [5.74, 6) is 0.761. The van der Waals surface area contributed by atoms with Gasteiger partial charge in [-0.1, -0.05) is 19.8 Å². The molecule has 2 rings (SSSR count). The maximum Gasteiger partial charge on any atom is 0.0413 e. The monoisotopic (exact) mass is 296 g/mol. The van der Waals surface area contributed by atoms with Gasteiger partial charge < -0.3 is 5.32 Å². The molecule has 0 spiro atoms. The summed E-state index contributed by atoms with van der Waals surface area (Å²) in [5.41, 5.74) is 1.23. The number of pyridine rings is 1. The minimum absolute atomic E-state index is 0.694. The summed E-state index contributed by atoms with van der Waals surface area (Å²) >= 11 is 3.43. The van der Waals surface area contributed by atoms with Crippen LogP contribution in [0.25, 0.3) is 0 Å². The van der Waals surface area contributed by atoms with Gasteiger partial charge in [0.1, 0.15) is 0 Å². The molecule has 1 aromatic heterocycles. The highest BCUT2D eigenvalue weighted by Crippen LogP contribution is 2.27. The maximum atomic E-state index is 4.49. The van der Waals surface area contributed by atoms with Gasteiger partial charge in [0.25, 0.3) is 0 Å². The number of hydrogen-bond donors (Lipinski definition) is 1. The van der Waals surface area contributed by atoms with Gasteiger partial charge in [-0.3, -0.25) is 4.98 Å². The Morgan fingerprint density at radius 1 is 1.35 bits per heavy atom. The van der Waals surface area contributed by atoms with Gasteiger partial charge >= 0.3 is 0 Å². The summed E-state index contributed by atoms with van der Waals surface area (Å²) in [6.45, 7) is 3.28. The fourth-order valence-electron chi connectivity index (χ4n) is 2.78. The van der Waals surface area contributed by atoms with Crippen LogP contribution in [0.5, 0.6) is 0 Å². The average Bonchev–Trinajstić information content (AvgIpc) is 2.35. The van der Waals surface area contributed by atoms with E-state index in [-0.39, 0.29) is 0 Å². The van der Waals surface area contributed by atoms with Crippen molar-refractivity contribution in [2.75, 3.05) is 6.54 Å².